The van der Waals surface area contributed by atoms with Crippen LogP contribution >= 0.6 is 0 Å². The SMILES string of the molecule is C/C=c1/ccc(C)n/c1=C/C. The van der Waals surface area contributed by atoms with Gasteiger partial charge in [-0.2, -0.15) is 0 Å². The Bertz CT molecular complexity index is 350. The zero-order valence-electron chi connectivity index (χ0n) is 7.26. The molecule has 0 unspecified atom stereocenters. The lowest BCUT2D eigenvalue weighted by Gasteiger charge is -1.91. The summed E-state index contributed by atoms with van der Waals surface area (Å²) in [6.45, 7) is 6.04. The van der Waals surface area contributed by atoms with Crippen LogP contribution in [-0.2, 0) is 0 Å². The molecular weight excluding hydrogens is 134 g/mol. The van der Waals surface area contributed by atoms with Crippen molar-refractivity contribution < 1.29 is 0 Å². The van der Waals surface area contributed by atoms with Crippen LogP contribution in [0.25, 0.3) is 12.2 Å². The molecule has 1 aromatic rings. The number of nitrogens with zero attached hydrogens (tertiary/aromatic N) is 1. The van der Waals surface area contributed by atoms with Gasteiger partial charge >= 0.3 is 0 Å². The van der Waals surface area contributed by atoms with Gasteiger partial charge in [0, 0.05) is 5.69 Å². The van der Waals surface area contributed by atoms with Gasteiger partial charge in [0.05, 0.1) is 5.35 Å². The molecule has 0 aliphatic carbocycles. The monoisotopic (exact) mass is 147 g/mol. The lowest BCUT2D eigenvalue weighted by molar-refractivity contribution is 1.13. The molecule has 0 aliphatic heterocycles. The predicted octanol–water partition coefficient (Wildman–Crippen LogP) is 0.991. The van der Waals surface area contributed by atoms with Crippen LogP contribution in [0, 0.1) is 6.92 Å². The molecule has 0 radical (unpaired) electrons. The van der Waals surface area contributed by atoms with E-state index in [2.05, 4.69) is 17.1 Å². The molecule has 1 nitrogen and oxygen atoms in total. The highest BCUT2D eigenvalue weighted by Gasteiger charge is 1.85. The van der Waals surface area contributed by atoms with Gasteiger partial charge in [-0.3, -0.25) is 4.98 Å². The number of hydrogen-bond acceptors (Lipinski definition) is 1. The molecule has 1 aromatic heterocycles. The topological polar surface area (TPSA) is 12.9 Å². The maximum Gasteiger partial charge on any atom is 0.0659 e. The van der Waals surface area contributed by atoms with E-state index in [1.54, 1.807) is 0 Å². The van der Waals surface area contributed by atoms with E-state index in [1.807, 2.05) is 32.9 Å². The summed E-state index contributed by atoms with van der Waals surface area (Å²) in [6.07, 6.45) is 4.10. The van der Waals surface area contributed by atoms with E-state index in [0.29, 0.717) is 0 Å². The Morgan fingerprint density at radius 3 is 2.45 bits per heavy atom. The Labute approximate surface area is 67.1 Å². The van der Waals surface area contributed by atoms with Gasteiger partial charge in [-0.05, 0) is 32.1 Å². The minimum atomic E-state index is 1.07. The summed E-state index contributed by atoms with van der Waals surface area (Å²) in [7, 11) is 0. The molecule has 0 spiro atoms. The largest absolute Gasteiger partial charge is 0.254 e. The normalized spacial score (nSPS) is 14.1. The Balaban J connectivity index is 3.55. The van der Waals surface area contributed by atoms with E-state index in [-0.39, 0.29) is 0 Å². The number of rotatable bonds is 0. The van der Waals surface area contributed by atoms with E-state index in [4.69, 9.17) is 0 Å². The number of hydrogen-bond donors (Lipinski definition) is 0. The predicted molar refractivity (Wildman–Crippen MR) is 48.5 cm³/mol. The third kappa shape index (κ3) is 1.67. The van der Waals surface area contributed by atoms with Crippen molar-refractivity contribution in [3.05, 3.63) is 28.4 Å². The first-order valence-electron chi connectivity index (χ1n) is 3.84. The summed E-state index contributed by atoms with van der Waals surface area (Å²) in [5, 5.41) is 2.28. The van der Waals surface area contributed by atoms with Crippen LogP contribution in [0.4, 0.5) is 0 Å². The quantitative estimate of drug-likeness (QED) is 0.533. The summed E-state index contributed by atoms with van der Waals surface area (Å²) in [5.41, 5.74) is 1.07. The number of aryl methyl sites for hydroxylation is 1. The van der Waals surface area contributed by atoms with Crippen LogP contribution in [0.1, 0.15) is 19.5 Å². The Morgan fingerprint density at radius 1 is 1.18 bits per heavy atom. The fourth-order valence-corrected chi connectivity index (χ4v) is 1.06. The number of aromatic nitrogens is 1. The minimum Gasteiger partial charge on any atom is -0.254 e. The average molecular weight is 147 g/mol. The second-order valence-electron chi connectivity index (χ2n) is 2.50. The fourth-order valence-electron chi connectivity index (χ4n) is 1.06. The molecule has 0 aliphatic rings. The van der Waals surface area contributed by atoms with Crippen molar-refractivity contribution in [1.82, 2.24) is 4.98 Å². The standard InChI is InChI=1S/C10H13N/c1-4-9-7-6-8(3)11-10(9)5-2/h4-7H,1-3H3/b9-4-,10-5+. The molecule has 0 bridgehead atoms. The molecule has 0 saturated heterocycles. The second kappa shape index (κ2) is 3.33. The van der Waals surface area contributed by atoms with Crippen molar-refractivity contribution >= 4 is 12.2 Å². The molecule has 58 valence electrons. The summed E-state index contributed by atoms with van der Waals surface area (Å²) >= 11 is 0. The molecule has 1 heterocycles. The highest BCUT2D eigenvalue weighted by Crippen LogP contribution is 1.80. The van der Waals surface area contributed by atoms with Gasteiger partial charge in [-0.1, -0.05) is 18.2 Å². The third-order valence-electron chi connectivity index (χ3n) is 1.68. The highest BCUT2D eigenvalue weighted by atomic mass is 14.7. The minimum absolute atomic E-state index is 1.07. The van der Waals surface area contributed by atoms with E-state index in [0.717, 1.165) is 11.0 Å². The number of pyridine rings is 1. The van der Waals surface area contributed by atoms with Gasteiger partial charge in [0.15, 0.2) is 0 Å². The smallest absolute Gasteiger partial charge is 0.0659 e. The molecule has 0 N–H and O–H groups in total. The molecule has 0 aromatic carbocycles. The van der Waals surface area contributed by atoms with Crippen molar-refractivity contribution in [1.29, 1.82) is 0 Å². The van der Waals surface area contributed by atoms with Gasteiger partial charge in [-0.25, -0.2) is 0 Å². The van der Waals surface area contributed by atoms with E-state index in [9.17, 15) is 0 Å². The molecule has 0 saturated carbocycles. The Morgan fingerprint density at radius 2 is 1.91 bits per heavy atom. The summed E-state index contributed by atoms with van der Waals surface area (Å²) in [6, 6.07) is 4.12. The summed E-state index contributed by atoms with van der Waals surface area (Å²) in [5.74, 6) is 0. The van der Waals surface area contributed by atoms with Crippen molar-refractivity contribution in [2.45, 2.75) is 20.8 Å². The molecular formula is C10H13N. The van der Waals surface area contributed by atoms with Crippen LogP contribution in [0.5, 0.6) is 0 Å². The molecule has 1 rings (SSSR count). The molecule has 0 fully saturated rings. The summed E-state index contributed by atoms with van der Waals surface area (Å²) in [4.78, 5) is 4.38. The Hall–Kier alpha value is -1.11. The third-order valence-corrected chi connectivity index (χ3v) is 1.68. The highest BCUT2D eigenvalue weighted by molar-refractivity contribution is 5.26. The zero-order chi connectivity index (χ0) is 8.27. The lowest BCUT2D eigenvalue weighted by atomic mass is 10.3. The fraction of sp³-hybridized carbons (Fsp3) is 0.300. The van der Waals surface area contributed by atoms with Crippen LogP contribution < -0.4 is 10.6 Å². The van der Waals surface area contributed by atoms with Crippen molar-refractivity contribution in [3.8, 4) is 0 Å². The van der Waals surface area contributed by atoms with Crippen molar-refractivity contribution in [2.24, 2.45) is 0 Å². The Kier molecular flexibility index (Phi) is 2.42. The van der Waals surface area contributed by atoms with Gasteiger partial charge in [0.25, 0.3) is 0 Å². The first-order valence-corrected chi connectivity index (χ1v) is 3.84. The van der Waals surface area contributed by atoms with Crippen molar-refractivity contribution in [2.75, 3.05) is 0 Å². The first-order chi connectivity index (χ1) is 5.27. The maximum atomic E-state index is 4.38. The molecule has 0 amide bonds. The van der Waals surface area contributed by atoms with E-state index in [1.165, 1.54) is 5.22 Å². The van der Waals surface area contributed by atoms with Gasteiger partial charge in [0.1, 0.15) is 0 Å². The first kappa shape index (κ1) is 7.99. The van der Waals surface area contributed by atoms with Crippen LogP contribution in [0.2, 0.25) is 0 Å². The van der Waals surface area contributed by atoms with Gasteiger partial charge < -0.3 is 0 Å². The molecule has 1 heteroatoms. The van der Waals surface area contributed by atoms with Gasteiger partial charge in [-0.15, -0.1) is 0 Å². The zero-order valence-corrected chi connectivity index (χ0v) is 7.26. The van der Waals surface area contributed by atoms with Crippen LogP contribution in [0.15, 0.2) is 12.1 Å². The second-order valence-corrected chi connectivity index (χ2v) is 2.50. The lowest BCUT2D eigenvalue weighted by Crippen LogP contribution is -2.27. The van der Waals surface area contributed by atoms with E-state index >= 15 is 0 Å². The molecule has 0 atom stereocenters. The average Bonchev–Trinajstić information content (AvgIpc) is 2.04. The van der Waals surface area contributed by atoms with Gasteiger partial charge in [0.2, 0.25) is 0 Å². The molecule has 11 heavy (non-hydrogen) atoms. The summed E-state index contributed by atoms with van der Waals surface area (Å²) < 4.78 is 0. The van der Waals surface area contributed by atoms with Crippen LogP contribution in [0.3, 0.4) is 0 Å². The van der Waals surface area contributed by atoms with E-state index < -0.39 is 0 Å². The maximum absolute atomic E-state index is 4.38. The van der Waals surface area contributed by atoms with Crippen molar-refractivity contribution in [3.63, 3.8) is 0 Å². The van der Waals surface area contributed by atoms with Crippen LogP contribution in [-0.4, -0.2) is 4.98 Å².